The maximum absolute atomic E-state index is 10.7. The summed E-state index contributed by atoms with van der Waals surface area (Å²) in [5.74, 6) is 0.779. The number of aliphatic imine (C=N–C) groups is 1. The minimum Gasteiger partial charge on any atom is -0.383 e. The van der Waals surface area contributed by atoms with Crippen LogP contribution >= 0.6 is 24.0 Å². The van der Waals surface area contributed by atoms with E-state index in [-0.39, 0.29) is 29.7 Å². The lowest BCUT2D eigenvalue weighted by Crippen LogP contribution is -2.39. The first kappa shape index (κ1) is 24.7. The number of hydrogen-bond donors (Lipinski definition) is 3. The highest BCUT2D eigenvalue weighted by molar-refractivity contribution is 14.0. The number of halogens is 1. The summed E-state index contributed by atoms with van der Waals surface area (Å²) >= 11 is 0. The molecule has 3 N–H and O–H groups in total. The molecule has 1 aromatic heterocycles. The Morgan fingerprint density at radius 3 is 2.52 bits per heavy atom. The molecule has 0 bridgehead atoms. The van der Waals surface area contributed by atoms with Crippen LogP contribution in [0.25, 0.3) is 0 Å². The van der Waals surface area contributed by atoms with E-state index in [1.807, 2.05) is 18.5 Å². The Hall–Kier alpha value is -2.37. The van der Waals surface area contributed by atoms with E-state index < -0.39 is 4.92 Å². The zero-order chi connectivity index (χ0) is 20.4. The van der Waals surface area contributed by atoms with Crippen LogP contribution in [0.15, 0.2) is 35.3 Å². The van der Waals surface area contributed by atoms with Gasteiger partial charge in [-0.25, -0.2) is 0 Å². The number of hydrogen-bond acceptors (Lipinski definition) is 5. The van der Waals surface area contributed by atoms with Gasteiger partial charge in [-0.1, -0.05) is 0 Å². The number of aromatic nitrogens is 2. The van der Waals surface area contributed by atoms with Gasteiger partial charge in [0.15, 0.2) is 5.96 Å². The molecule has 9 nitrogen and oxygen atoms in total. The Labute approximate surface area is 188 Å². The fourth-order valence-corrected chi connectivity index (χ4v) is 2.74. The van der Waals surface area contributed by atoms with Gasteiger partial charge in [-0.05, 0) is 45.4 Å². The molecule has 2 rings (SSSR count). The lowest BCUT2D eigenvalue weighted by atomic mass is 10.3. The van der Waals surface area contributed by atoms with Gasteiger partial charge in [0.05, 0.1) is 10.6 Å². The summed E-state index contributed by atoms with van der Waals surface area (Å²) < 4.78 is 2.01. The maximum Gasteiger partial charge on any atom is 0.269 e. The molecule has 0 atom stereocenters. The zero-order valence-electron chi connectivity index (χ0n) is 17.1. The molecule has 0 aliphatic heterocycles. The summed E-state index contributed by atoms with van der Waals surface area (Å²) in [7, 11) is 0. The number of benzene rings is 1. The molecular formula is C19H30IN7O2. The number of anilines is 1. The van der Waals surface area contributed by atoms with E-state index in [0.29, 0.717) is 19.6 Å². The fraction of sp³-hybridized carbons (Fsp3) is 0.474. The van der Waals surface area contributed by atoms with Crippen LogP contribution in [0.5, 0.6) is 0 Å². The van der Waals surface area contributed by atoms with Crippen molar-refractivity contribution in [3.63, 3.8) is 0 Å². The summed E-state index contributed by atoms with van der Waals surface area (Å²) in [6.07, 6.45) is 0.916. The van der Waals surface area contributed by atoms with Crippen LogP contribution in [-0.4, -0.2) is 46.8 Å². The van der Waals surface area contributed by atoms with Crippen molar-refractivity contribution in [2.45, 2.75) is 33.7 Å². The molecule has 160 valence electrons. The van der Waals surface area contributed by atoms with Gasteiger partial charge in [0, 0.05) is 56.2 Å². The Kier molecular flexibility index (Phi) is 11.0. The highest BCUT2D eigenvalue weighted by atomic mass is 127. The predicted molar refractivity (Wildman–Crippen MR) is 127 cm³/mol. The van der Waals surface area contributed by atoms with Crippen LogP contribution in [0.1, 0.15) is 24.7 Å². The van der Waals surface area contributed by atoms with Gasteiger partial charge < -0.3 is 16.0 Å². The van der Waals surface area contributed by atoms with Gasteiger partial charge in [0.25, 0.3) is 5.69 Å². The molecule has 0 unspecified atom stereocenters. The van der Waals surface area contributed by atoms with Crippen molar-refractivity contribution in [1.82, 2.24) is 20.4 Å². The maximum atomic E-state index is 10.7. The van der Waals surface area contributed by atoms with Crippen LogP contribution < -0.4 is 16.0 Å². The third-order valence-electron chi connectivity index (χ3n) is 4.07. The van der Waals surface area contributed by atoms with Gasteiger partial charge in [-0.3, -0.25) is 19.8 Å². The van der Waals surface area contributed by atoms with E-state index in [0.717, 1.165) is 36.9 Å². The largest absolute Gasteiger partial charge is 0.383 e. The van der Waals surface area contributed by atoms with Gasteiger partial charge >= 0.3 is 0 Å². The lowest BCUT2D eigenvalue weighted by molar-refractivity contribution is -0.384. The van der Waals surface area contributed by atoms with Gasteiger partial charge in [-0.15, -0.1) is 24.0 Å². The lowest BCUT2D eigenvalue weighted by Gasteiger charge is -2.12. The SMILES string of the molecule is CCNC(=NCCCn1nc(C)cc1C)NCCNc1ccc([N+](=O)[O-])cc1.I. The minimum atomic E-state index is -0.403. The number of nitro benzene ring substituents is 1. The van der Waals surface area contributed by atoms with Crippen molar-refractivity contribution in [1.29, 1.82) is 0 Å². The van der Waals surface area contributed by atoms with E-state index >= 15 is 0 Å². The van der Waals surface area contributed by atoms with Crippen molar-refractivity contribution in [3.05, 3.63) is 51.8 Å². The van der Waals surface area contributed by atoms with Crippen molar-refractivity contribution >= 4 is 41.3 Å². The van der Waals surface area contributed by atoms with Gasteiger partial charge in [-0.2, -0.15) is 5.10 Å². The molecule has 0 amide bonds. The number of nitrogens with one attached hydrogen (secondary N) is 3. The second kappa shape index (κ2) is 13.0. The van der Waals surface area contributed by atoms with Crippen LogP contribution in [0.4, 0.5) is 11.4 Å². The summed E-state index contributed by atoms with van der Waals surface area (Å²) in [5.41, 5.74) is 3.14. The predicted octanol–water partition coefficient (Wildman–Crippen LogP) is 3.08. The molecule has 29 heavy (non-hydrogen) atoms. The highest BCUT2D eigenvalue weighted by Gasteiger charge is 2.04. The molecule has 0 radical (unpaired) electrons. The number of guanidine groups is 1. The molecule has 2 aromatic rings. The summed E-state index contributed by atoms with van der Waals surface area (Å²) in [6, 6.07) is 8.47. The average Bonchev–Trinajstić information content (AvgIpc) is 2.99. The first-order chi connectivity index (χ1) is 13.5. The van der Waals surface area contributed by atoms with E-state index in [2.05, 4.69) is 39.0 Å². The molecule has 0 spiro atoms. The van der Waals surface area contributed by atoms with Crippen molar-refractivity contribution in [2.75, 3.05) is 31.5 Å². The van der Waals surface area contributed by atoms with Crippen molar-refractivity contribution in [3.8, 4) is 0 Å². The van der Waals surface area contributed by atoms with Crippen molar-refractivity contribution in [2.24, 2.45) is 4.99 Å². The number of nitrogens with zero attached hydrogens (tertiary/aromatic N) is 4. The van der Waals surface area contributed by atoms with Crippen LogP contribution in [0.2, 0.25) is 0 Å². The van der Waals surface area contributed by atoms with Crippen LogP contribution in [0, 0.1) is 24.0 Å². The summed E-state index contributed by atoms with van der Waals surface area (Å²) in [5, 5.41) is 24.9. The smallest absolute Gasteiger partial charge is 0.269 e. The number of aryl methyl sites for hydroxylation is 3. The molecule has 0 aliphatic carbocycles. The van der Waals surface area contributed by atoms with Crippen molar-refractivity contribution < 1.29 is 4.92 Å². The average molecular weight is 515 g/mol. The number of nitro groups is 1. The summed E-state index contributed by atoms with van der Waals surface area (Å²) in [4.78, 5) is 14.9. The normalized spacial score (nSPS) is 10.9. The number of rotatable bonds is 10. The molecule has 0 aliphatic rings. The standard InChI is InChI=1S/C19H29N7O2.HI/c1-4-20-19(22-10-5-13-25-16(3)14-15(2)24-25)23-12-11-21-17-6-8-18(9-7-17)26(27)28;/h6-9,14,21H,4-5,10-13H2,1-3H3,(H2,20,22,23);1H. The van der Waals surface area contributed by atoms with Crippen LogP contribution in [0.3, 0.4) is 0 Å². The number of non-ortho nitro benzene ring substituents is 1. The second-order valence-corrected chi connectivity index (χ2v) is 6.42. The molecule has 10 heteroatoms. The molecule has 0 saturated heterocycles. The quantitative estimate of drug-likeness (QED) is 0.112. The molecule has 0 saturated carbocycles. The van der Waals surface area contributed by atoms with Gasteiger partial charge in [0.2, 0.25) is 0 Å². The third-order valence-corrected chi connectivity index (χ3v) is 4.07. The minimum absolute atomic E-state index is 0. The van der Waals surface area contributed by atoms with Gasteiger partial charge in [0.1, 0.15) is 0 Å². The Bertz CT molecular complexity index is 790. The second-order valence-electron chi connectivity index (χ2n) is 6.42. The highest BCUT2D eigenvalue weighted by Crippen LogP contribution is 2.14. The zero-order valence-corrected chi connectivity index (χ0v) is 19.5. The van der Waals surface area contributed by atoms with E-state index in [9.17, 15) is 10.1 Å². The molecule has 1 aromatic carbocycles. The Morgan fingerprint density at radius 1 is 1.21 bits per heavy atom. The summed E-state index contributed by atoms with van der Waals surface area (Å²) in [6.45, 7) is 9.80. The molecule has 1 heterocycles. The molecular weight excluding hydrogens is 485 g/mol. The molecule has 0 fully saturated rings. The van der Waals surface area contributed by atoms with E-state index in [1.54, 1.807) is 12.1 Å². The fourth-order valence-electron chi connectivity index (χ4n) is 2.74. The third kappa shape index (κ3) is 8.67. The first-order valence-corrected chi connectivity index (χ1v) is 9.51. The Morgan fingerprint density at radius 2 is 1.93 bits per heavy atom. The first-order valence-electron chi connectivity index (χ1n) is 9.51. The van der Waals surface area contributed by atoms with E-state index in [1.165, 1.54) is 17.8 Å². The van der Waals surface area contributed by atoms with Crippen LogP contribution in [-0.2, 0) is 6.54 Å². The Balaban J connectivity index is 0.00000420. The monoisotopic (exact) mass is 515 g/mol. The van der Waals surface area contributed by atoms with E-state index in [4.69, 9.17) is 0 Å². The topological polar surface area (TPSA) is 109 Å².